The molecule has 2 heterocycles. The predicted octanol–water partition coefficient (Wildman–Crippen LogP) is 1.69. The number of hydrogen-bond donors (Lipinski definition) is 0. The van der Waals surface area contributed by atoms with Crippen LogP contribution in [0.2, 0.25) is 0 Å². The number of isocyanates is 1. The highest BCUT2D eigenvalue weighted by atomic mass is 32.2. The van der Waals surface area contributed by atoms with Crippen LogP contribution in [0.4, 0.5) is 13.2 Å². The topological polar surface area (TPSA) is 99.1 Å². The summed E-state index contributed by atoms with van der Waals surface area (Å²) in [5, 5.41) is 0.436. The molecule has 12 heteroatoms. The molecule has 1 aliphatic heterocycles. The van der Waals surface area contributed by atoms with Crippen molar-refractivity contribution in [2.75, 3.05) is 6.61 Å². The highest BCUT2D eigenvalue weighted by Gasteiger charge is 2.42. The van der Waals surface area contributed by atoms with Crippen LogP contribution in [0.15, 0.2) is 14.7 Å². The summed E-state index contributed by atoms with van der Waals surface area (Å²) in [6.45, 7) is 0.316. The summed E-state index contributed by atoms with van der Waals surface area (Å²) in [6.07, 6.45) is -4.99. The van der Waals surface area contributed by atoms with Gasteiger partial charge in [-0.1, -0.05) is 4.40 Å². The van der Waals surface area contributed by atoms with Crippen LogP contribution in [0.1, 0.15) is 21.7 Å². The summed E-state index contributed by atoms with van der Waals surface area (Å²) in [5.74, 6) is -1.30. The first-order valence-corrected chi connectivity index (χ1v) is 7.84. The van der Waals surface area contributed by atoms with Gasteiger partial charge in [0, 0.05) is 11.8 Å². The van der Waals surface area contributed by atoms with E-state index in [1.807, 2.05) is 0 Å². The van der Waals surface area contributed by atoms with Gasteiger partial charge >= 0.3 is 12.1 Å². The predicted molar refractivity (Wildman–Crippen MR) is 64.4 cm³/mol. The molecule has 7 nitrogen and oxygen atoms in total. The molecule has 1 aromatic heterocycles. The van der Waals surface area contributed by atoms with E-state index in [2.05, 4.69) is 9.13 Å². The van der Waals surface area contributed by atoms with Gasteiger partial charge in [0.15, 0.2) is 0 Å². The monoisotopic (exact) mass is 357 g/mol. The molecule has 0 amide bonds. The number of alkyl halides is 3. The van der Waals surface area contributed by atoms with Crippen LogP contribution in [-0.2, 0) is 30.5 Å². The van der Waals surface area contributed by atoms with Gasteiger partial charge in [0.25, 0.3) is 16.1 Å². The van der Waals surface area contributed by atoms with Crippen molar-refractivity contribution in [3.8, 4) is 0 Å². The Morgan fingerprint density at radius 2 is 2.14 bits per heavy atom. The van der Waals surface area contributed by atoms with Crippen LogP contribution in [0.5, 0.6) is 0 Å². The fourth-order valence-electron chi connectivity index (χ4n) is 1.51. The van der Waals surface area contributed by atoms with Crippen LogP contribution in [0, 0.1) is 0 Å². The van der Waals surface area contributed by atoms with E-state index < -0.39 is 43.8 Å². The average molecular weight is 357 g/mol. The molecular weight excluding hydrogens is 351 g/mol. The minimum Gasteiger partial charge on any atom is -0.431 e. The SMILES string of the molecule is O=C=NS(=O)(=O)c1c(C(F)(F)F)csc1C(=O)OC1CCO1. The molecule has 0 bridgehead atoms. The van der Waals surface area contributed by atoms with Crippen molar-refractivity contribution in [1.29, 1.82) is 0 Å². The average Bonchev–Trinajstić information content (AvgIpc) is 2.78. The molecule has 1 aliphatic rings. The summed E-state index contributed by atoms with van der Waals surface area (Å²) < 4.78 is 73.8. The van der Waals surface area contributed by atoms with Crippen molar-refractivity contribution in [2.45, 2.75) is 23.8 Å². The highest BCUT2D eigenvalue weighted by molar-refractivity contribution is 7.90. The number of thiophene rings is 1. The first-order valence-electron chi connectivity index (χ1n) is 5.52. The number of rotatable bonds is 4. The lowest BCUT2D eigenvalue weighted by molar-refractivity contribution is -0.184. The van der Waals surface area contributed by atoms with E-state index in [0.717, 1.165) is 0 Å². The zero-order valence-electron chi connectivity index (χ0n) is 10.4. The lowest BCUT2D eigenvalue weighted by Gasteiger charge is -2.25. The fourth-order valence-corrected chi connectivity index (χ4v) is 3.86. The van der Waals surface area contributed by atoms with Gasteiger partial charge in [0.2, 0.25) is 6.29 Å². The second-order valence-electron chi connectivity index (χ2n) is 3.96. The van der Waals surface area contributed by atoms with Crippen LogP contribution >= 0.6 is 11.3 Å². The molecule has 0 aliphatic carbocycles. The quantitative estimate of drug-likeness (QED) is 0.462. The lowest BCUT2D eigenvalue weighted by Crippen LogP contribution is -2.32. The summed E-state index contributed by atoms with van der Waals surface area (Å²) in [5.41, 5.74) is -1.60. The number of nitrogens with zero attached hydrogens (tertiary/aromatic N) is 1. The summed E-state index contributed by atoms with van der Waals surface area (Å²) in [4.78, 5) is 19.7. The lowest BCUT2D eigenvalue weighted by atomic mass is 10.3. The first kappa shape index (κ1) is 16.6. The zero-order chi connectivity index (χ0) is 16.5. The molecule has 1 aromatic rings. The largest absolute Gasteiger partial charge is 0.431 e. The van der Waals surface area contributed by atoms with Gasteiger partial charge in [-0.15, -0.1) is 11.3 Å². The number of hydrogen-bond acceptors (Lipinski definition) is 7. The van der Waals surface area contributed by atoms with Crippen LogP contribution in [0.25, 0.3) is 0 Å². The third-order valence-corrected chi connectivity index (χ3v) is 4.89. The Balaban J connectivity index is 2.52. The molecule has 1 unspecified atom stereocenters. The summed E-state index contributed by atoms with van der Waals surface area (Å²) >= 11 is 0.221. The van der Waals surface area contributed by atoms with E-state index in [9.17, 15) is 31.2 Å². The molecule has 2 rings (SSSR count). The molecule has 1 atom stereocenters. The normalized spacial score (nSPS) is 18.2. The Bertz CT molecular complexity index is 743. The molecule has 0 saturated carbocycles. The molecule has 120 valence electrons. The van der Waals surface area contributed by atoms with E-state index in [1.165, 1.54) is 0 Å². The zero-order valence-corrected chi connectivity index (χ0v) is 12.0. The van der Waals surface area contributed by atoms with Crippen molar-refractivity contribution in [1.82, 2.24) is 0 Å². The van der Waals surface area contributed by atoms with Gasteiger partial charge in [-0.05, 0) is 0 Å². The van der Waals surface area contributed by atoms with Crippen LogP contribution < -0.4 is 0 Å². The Morgan fingerprint density at radius 3 is 2.59 bits per heavy atom. The summed E-state index contributed by atoms with van der Waals surface area (Å²) in [6, 6.07) is 0. The standard InChI is InChI=1S/C10H6F3NO6S2/c11-10(12,13)5-3-21-7(8(5)22(17,18)14-4-15)9(16)20-6-1-2-19-6/h3,6H,1-2H2. The van der Waals surface area contributed by atoms with E-state index in [4.69, 9.17) is 4.74 Å². The maximum Gasteiger partial charge on any atom is 0.418 e. The van der Waals surface area contributed by atoms with Crippen LogP contribution in [-0.4, -0.2) is 33.4 Å². The molecule has 0 N–H and O–H groups in total. The third-order valence-electron chi connectivity index (χ3n) is 2.55. The second kappa shape index (κ2) is 5.80. The fraction of sp³-hybridized carbons (Fsp3) is 0.400. The van der Waals surface area contributed by atoms with Crippen molar-refractivity contribution in [2.24, 2.45) is 4.40 Å². The Morgan fingerprint density at radius 1 is 1.50 bits per heavy atom. The smallest absolute Gasteiger partial charge is 0.418 e. The summed E-state index contributed by atoms with van der Waals surface area (Å²) in [7, 11) is -5.03. The van der Waals surface area contributed by atoms with Gasteiger partial charge in [-0.3, -0.25) is 0 Å². The number of sulfonamides is 1. The minimum atomic E-state index is -5.05. The minimum absolute atomic E-state index is 0.221. The first-order chi connectivity index (χ1) is 10.2. The van der Waals surface area contributed by atoms with E-state index in [-0.39, 0.29) is 11.3 Å². The van der Waals surface area contributed by atoms with Gasteiger partial charge in [-0.25, -0.2) is 9.59 Å². The molecular formula is C10H6F3NO6S2. The Kier molecular flexibility index (Phi) is 4.38. The third kappa shape index (κ3) is 3.19. The molecule has 0 aromatic carbocycles. The molecule has 1 fully saturated rings. The maximum atomic E-state index is 12.9. The maximum absolute atomic E-state index is 12.9. The van der Waals surface area contributed by atoms with E-state index in [1.54, 1.807) is 0 Å². The van der Waals surface area contributed by atoms with Crippen molar-refractivity contribution in [3.63, 3.8) is 0 Å². The molecule has 0 spiro atoms. The van der Waals surface area contributed by atoms with Crippen molar-refractivity contribution < 1.29 is 40.7 Å². The van der Waals surface area contributed by atoms with Gasteiger partial charge < -0.3 is 9.47 Å². The van der Waals surface area contributed by atoms with Crippen molar-refractivity contribution >= 4 is 33.4 Å². The van der Waals surface area contributed by atoms with Crippen molar-refractivity contribution in [3.05, 3.63) is 15.8 Å². The Hall–Kier alpha value is -1.75. The molecule has 1 saturated heterocycles. The Labute approximate surface area is 125 Å². The second-order valence-corrected chi connectivity index (χ2v) is 6.38. The number of carbonyl (C=O) groups excluding carboxylic acids is 2. The number of halogens is 3. The number of carbonyl (C=O) groups is 1. The number of ether oxygens (including phenoxy) is 2. The molecule has 0 radical (unpaired) electrons. The van der Waals surface area contributed by atoms with E-state index >= 15 is 0 Å². The van der Waals surface area contributed by atoms with E-state index in [0.29, 0.717) is 24.5 Å². The van der Waals surface area contributed by atoms with Crippen LogP contribution in [0.3, 0.4) is 0 Å². The van der Waals surface area contributed by atoms with Gasteiger partial charge in [0.05, 0.1) is 12.2 Å². The highest BCUT2D eigenvalue weighted by Crippen LogP contribution is 2.40. The number of esters is 1. The van der Waals surface area contributed by atoms with Gasteiger partial charge in [0.1, 0.15) is 9.77 Å². The molecule has 22 heavy (non-hydrogen) atoms. The van der Waals surface area contributed by atoms with Gasteiger partial charge in [-0.2, -0.15) is 21.6 Å².